The number of ether oxygens (including phenoxy) is 1. The summed E-state index contributed by atoms with van der Waals surface area (Å²) < 4.78 is 5.53. The Morgan fingerprint density at radius 2 is 2.11 bits per heavy atom. The molecule has 1 saturated heterocycles. The second-order valence-corrected chi connectivity index (χ2v) is 5.22. The van der Waals surface area contributed by atoms with Crippen molar-refractivity contribution in [1.29, 1.82) is 0 Å². The van der Waals surface area contributed by atoms with E-state index < -0.39 is 0 Å². The standard InChI is InChI=1S/C15H24N2O/c1-12-5-3-6-14(11-12)15(13(2)16)17-7-4-9-18-10-8-17/h3,5-6,11,13,15H,4,7-10,16H2,1-2H3. The number of nitrogens with two attached hydrogens (primary N) is 1. The van der Waals surface area contributed by atoms with Gasteiger partial charge in [-0.25, -0.2) is 0 Å². The summed E-state index contributed by atoms with van der Waals surface area (Å²) in [5.74, 6) is 0. The van der Waals surface area contributed by atoms with Gasteiger partial charge in [0.25, 0.3) is 0 Å². The summed E-state index contributed by atoms with van der Waals surface area (Å²) in [6.45, 7) is 7.96. The molecule has 18 heavy (non-hydrogen) atoms. The van der Waals surface area contributed by atoms with Gasteiger partial charge in [0.1, 0.15) is 0 Å². The first kappa shape index (κ1) is 13.5. The van der Waals surface area contributed by atoms with E-state index in [1.807, 2.05) is 0 Å². The zero-order valence-electron chi connectivity index (χ0n) is 11.4. The van der Waals surface area contributed by atoms with Gasteiger partial charge in [-0.1, -0.05) is 29.8 Å². The molecule has 0 bridgehead atoms. The molecule has 3 heteroatoms. The molecule has 0 radical (unpaired) electrons. The van der Waals surface area contributed by atoms with E-state index in [2.05, 4.69) is 43.0 Å². The molecule has 0 aromatic heterocycles. The van der Waals surface area contributed by atoms with Gasteiger partial charge in [0.15, 0.2) is 0 Å². The Hall–Kier alpha value is -0.900. The van der Waals surface area contributed by atoms with E-state index in [0.717, 1.165) is 32.7 Å². The highest BCUT2D eigenvalue weighted by atomic mass is 16.5. The van der Waals surface area contributed by atoms with Crippen molar-refractivity contribution < 1.29 is 4.74 Å². The van der Waals surface area contributed by atoms with Crippen LogP contribution >= 0.6 is 0 Å². The molecule has 0 aliphatic carbocycles. The molecule has 2 atom stereocenters. The van der Waals surface area contributed by atoms with Crippen molar-refractivity contribution >= 4 is 0 Å². The molecule has 2 unspecified atom stereocenters. The van der Waals surface area contributed by atoms with Crippen molar-refractivity contribution in [2.24, 2.45) is 5.73 Å². The van der Waals surface area contributed by atoms with E-state index in [0.29, 0.717) is 6.04 Å². The molecule has 1 aromatic carbocycles. The Morgan fingerprint density at radius 3 is 2.83 bits per heavy atom. The Kier molecular flexibility index (Phi) is 4.75. The molecule has 1 heterocycles. The molecule has 1 aromatic rings. The average Bonchev–Trinajstić information content (AvgIpc) is 2.58. The smallest absolute Gasteiger partial charge is 0.0593 e. The molecule has 1 fully saturated rings. The van der Waals surface area contributed by atoms with Crippen molar-refractivity contribution in [3.05, 3.63) is 35.4 Å². The predicted octanol–water partition coefficient (Wildman–Crippen LogP) is 2.11. The fourth-order valence-electron chi connectivity index (χ4n) is 2.74. The van der Waals surface area contributed by atoms with Gasteiger partial charge in [-0.05, 0) is 25.8 Å². The highest BCUT2D eigenvalue weighted by Gasteiger charge is 2.24. The van der Waals surface area contributed by atoms with Crippen LogP contribution in [0.4, 0.5) is 0 Å². The highest BCUT2D eigenvalue weighted by molar-refractivity contribution is 5.26. The summed E-state index contributed by atoms with van der Waals surface area (Å²) in [4.78, 5) is 2.46. The van der Waals surface area contributed by atoms with E-state index in [4.69, 9.17) is 10.5 Å². The van der Waals surface area contributed by atoms with Gasteiger partial charge in [0.05, 0.1) is 6.61 Å². The first-order valence-corrected chi connectivity index (χ1v) is 6.82. The lowest BCUT2D eigenvalue weighted by molar-refractivity contribution is 0.127. The van der Waals surface area contributed by atoms with Crippen molar-refractivity contribution in [2.45, 2.75) is 32.4 Å². The Balaban J connectivity index is 2.21. The van der Waals surface area contributed by atoms with E-state index in [-0.39, 0.29) is 6.04 Å². The van der Waals surface area contributed by atoms with Crippen LogP contribution in [0.25, 0.3) is 0 Å². The zero-order chi connectivity index (χ0) is 13.0. The molecule has 1 aliphatic heterocycles. The summed E-state index contributed by atoms with van der Waals surface area (Å²) >= 11 is 0. The van der Waals surface area contributed by atoms with Crippen LogP contribution < -0.4 is 5.73 Å². The number of hydrogen-bond donors (Lipinski definition) is 1. The minimum Gasteiger partial charge on any atom is -0.380 e. The van der Waals surface area contributed by atoms with Crippen molar-refractivity contribution in [2.75, 3.05) is 26.3 Å². The minimum absolute atomic E-state index is 0.130. The molecule has 100 valence electrons. The maximum Gasteiger partial charge on any atom is 0.0593 e. The molecule has 1 aliphatic rings. The maximum atomic E-state index is 6.22. The summed E-state index contributed by atoms with van der Waals surface area (Å²) in [7, 11) is 0. The summed E-state index contributed by atoms with van der Waals surface area (Å²) in [5.41, 5.74) is 8.84. The van der Waals surface area contributed by atoms with Gasteiger partial charge < -0.3 is 10.5 Å². The lowest BCUT2D eigenvalue weighted by Crippen LogP contribution is -2.40. The molecule has 3 nitrogen and oxygen atoms in total. The monoisotopic (exact) mass is 248 g/mol. The van der Waals surface area contributed by atoms with Gasteiger partial charge in [-0.3, -0.25) is 4.90 Å². The topological polar surface area (TPSA) is 38.5 Å². The first-order valence-electron chi connectivity index (χ1n) is 6.82. The first-order chi connectivity index (χ1) is 8.68. The van der Waals surface area contributed by atoms with E-state index in [1.165, 1.54) is 11.1 Å². The molecular formula is C15H24N2O. The number of aryl methyl sites for hydroxylation is 1. The van der Waals surface area contributed by atoms with Crippen LogP contribution in [-0.4, -0.2) is 37.2 Å². The largest absolute Gasteiger partial charge is 0.380 e. The second-order valence-electron chi connectivity index (χ2n) is 5.22. The molecular weight excluding hydrogens is 224 g/mol. The lowest BCUT2D eigenvalue weighted by atomic mass is 9.97. The molecule has 0 spiro atoms. The van der Waals surface area contributed by atoms with Crippen molar-refractivity contribution in [3.63, 3.8) is 0 Å². The van der Waals surface area contributed by atoms with E-state index in [9.17, 15) is 0 Å². The van der Waals surface area contributed by atoms with Crippen LogP contribution in [0.5, 0.6) is 0 Å². The van der Waals surface area contributed by atoms with Crippen LogP contribution in [0.3, 0.4) is 0 Å². The average molecular weight is 248 g/mol. The predicted molar refractivity (Wildman–Crippen MR) is 74.6 cm³/mol. The Bertz CT molecular complexity index is 371. The van der Waals surface area contributed by atoms with Crippen molar-refractivity contribution in [3.8, 4) is 0 Å². The zero-order valence-corrected chi connectivity index (χ0v) is 11.4. The van der Waals surface area contributed by atoms with Crippen LogP contribution in [0.1, 0.15) is 30.5 Å². The Labute approximate surface area is 110 Å². The fraction of sp³-hybridized carbons (Fsp3) is 0.600. The molecule has 2 N–H and O–H groups in total. The number of rotatable bonds is 3. The molecule has 2 rings (SSSR count). The van der Waals surface area contributed by atoms with Crippen LogP contribution in [0.2, 0.25) is 0 Å². The third kappa shape index (κ3) is 3.31. The van der Waals surface area contributed by atoms with Crippen molar-refractivity contribution in [1.82, 2.24) is 4.90 Å². The Morgan fingerprint density at radius 1 is 1.28 bits per heavy atom. The highest BCUT2D eigenvalue weighted by Crippen LogP contribution is 2.25. The number of hydrogen-bond acceptors (Lipinski definition) is 3. The lowest BCUT2D eigenvalue weighted by Gasteiger charge is -2.33. The van der Waals surface area contributed by atoms with Gasteiger partial charge in [-0.2, -0.15) is 0 Å². The minimum atomic E-state index is 0.130. The van der Waals surface area contributed by atoms with Gasteiger partial charge in [0.2, 0.25) is 0 Å². The van der Waals surface area contributed by atoms with E-state index in [1.54, 1.807) is 0 Å². The number of benzene rings is 1. The third-order valence-corrected chi connectivity index (χ3v) is 3.53. The van der Waals surface area contributed by atoms with Crippen LogP contribution in [0.15, 0.2) is 24.3 Å². The number of nitrogens with zero attached hydrogens (tertiary/aromatic N) is 1. The molecule has 0 saturated carbocycles. The van der Waals surface area contributed by atoms with E-state index >= 15 is 0 Å². The van der Waals surface area contributed by atoms with Gasteiger partial charge in [0, 0.05) is 31.8 Å². The fourth-order valence-corrected chi connectivity index (χ4v) is 2.74. The van der Waals surface area contributed by atoms with Gasteiger partial charge in [-0.15, -0.1) is 0 Å². The summed E-state index contributed by atoms with van der Waals surface area (Å²) in [6, 6.07) is 9.12. The normalized spacial score (nSPS) is 21.3. The summed E-state index contributed by atoms with van der Waals surface area (Å²) in [5, 5.41) is 0. The van der Waals surface area contributed by atoms with Crippen LogP contribution in [0, 0.1) is 6.92 Å². The van der Waals surface area contributed by atoms with Crippen LogP contribution in [-0.2, 0) is 4.74 Å². The molecule has 0 amide bonds. The quantitative estimate of drug-likeness (QED) is 0.890. The summed E-state index contributed by atoms with van der Waals surface area (Å²) in [6.07, 6.45) is 1.09. The third-order valence-electron chi connectivity index (χ3n) is 3.53. The van der Waals surface area contributed by atoms with Gasteiger partial charge >= 0.3 is 0 Å². The SMILES string of the molecule is Cc1cccc(C(C(C)N)N2CCCOCC2)c1. The maximum absolute atomic E-state index is 6.22. The second kappa shape index (κ2) is 6.32.